The van der Waals surface area contributed by atoms with Crippen LogP contribution in [-0.4, -0.2) is 52.1 Å². The Labute approximate surface area is 264 Å². The fraction of sp³-hybridized carbons (Fsp3) is 0.472. The van der Waals surface area contributed by atoms with Gasteiger partial charge in [0, 0.05) is 35.6 Å². The molecule has 2 aliphatic rings. The van der Waals surface area contributed by atoms with Gasteiger partial charge in [0.2, 0.25) is 0 Å². The first kappa shape index (κ1) is 31.9. The number of benzene rings is 2. The second-order valence-corrected chi connectivity index (χ2v) is 14.3. The normalized spacial score (nSPS) is 17.2. The lowest BCUT2D eigenvalue weighted by Crippen LogP contribution is -2.52. The first-order valence-electron chi connectivity index (χ1n) is 15.8. The molecule has 1 saturated carbocycles. The molecule has 0 bridgehead atoms. The number of rotatable bonds is 8. The van der Waals surface area contributed by atoms with Crippen molar-refractivity contribution < 1.29 is 24.2 Å². The molecule has 1 aliphatic carbocycles. The van der Waals surface area contributed by atoms with E-state index in [-0.39, 0.29) is 18.1 Å². The molecule has 2 fully saturated rings. The van der Waals surface area contributed by atoms with Gasteiger partial charge in [-0.2, -0.15) is 0 Å². The number of ketones is 1. The topological polar surface area (TPSA) is 95.9 Å². The predicted molar refractivity (Wildman–Crippen MR) is 175 cm³/mol. The summed E-state index contributed by atoms with van der Waals surface area (Å²) in [5, 5.41) is 15.7. The van der Waals surface area contributed by atoms with Crippen molar-refractivity contribution in [1.82, 2.24) is 4.90 Å². The Hall–Kier alpha value is -3.49. The number of ether oxygens (including phenoxy) is 1. The van der Waals surface area contributed by atoms with Crippen LogP contribution in [0, 0.1) is 5.92 Å². The molecule has 1 saturated heterocycles. The number of anilines is 1. The summed E-state index contributed by atoms with van der Waals surface area (Å²) in [5.74, 6) is 0.353. The summed E-state index contributed by atoms with van der Waals surface area (Å²) in [6.07, 6.45) is 6.41. The zero-order valence-electron chi connectivity index (χ0n) is 26.1. The molecule has 8 heteroatoms. The Morgan fingerprint density at radius 3 is 2.34 bits per heavy atom. The molecule has 2 N–H and O–H groups in total. The molecule has 1 aliphatic heterocycles. The number of hydrogen-bond acceptors (Lipinski definition) is 6. The Bertz CT molecular complexity index is 1440. The molecule has 5 rings (SSSR count). The van der Waals surface area contributed by atoms with Gasteiger partial charge in [-0.25, -0.2) is 4.79 Å². The molecule has 2 aromatic carbocycles. The van der Waals surface area contributed by atoms with Gasteiger partial charge in [0.1, 0.15) is 11.2 Å². The number of aliphatic hydroxyl groups is 1. The number of nitrogens with one attached hydrogen (secondary N) is 1. The maximum atomic E-state index is 13.4. The number of nitrogens with zero attached hydrogens (tertiary/aromatic N) is 1. The summed E-state index contributed by atoms with van der Waals surface area (Å²) in [4.78, 5) is 41.9. The van der Waals surface area contributed by atoms with Gasteiger partial charge in [-0.05, 0) is 99.1 Å². The fourth-order valence-electron chi connectivity index (χ4n) is 6.29. The van der Waals surface area contributed by atoms with E-state index in [2.05, 4.69) is 5.32 Å². The van der Waals surface area contributed by atoms with Gasteiger partial charge in [-0.15, -0.1) is 11.3 Å². The fourth-order valence-corrected chi connectivity index (χ4v) is 7.02. The summed E-state index contributed by atoms with van der Waals surface area (Å²) >= 11 is 1.62. The minimum absolute atomic E-state index is 0.0282. The molecule has 234 valence electrons. The van der Waals surface area contributed by atoms with Crippen molar-refractivity contribution in [3.63, 3.8) is 0 Å². The van der Waals surface area contributed by atoms with E-state index in [1.54, 1.807) is 11.3 Å². The van der Waals surface area contributed by atoms with Gasteiger partial charge in [-0.1, -0.05) is 55.7 Å². The second-order valence-electron chi connectivity index (χ2n) is 13.3. The largest absolute Gasteiger partial charge is 0.444 e. The summed E-state index contributed by atoms with van der Waals surface area (Å²) < 4.78 is 5.45. The first-order valence-corrected chi connectivity index (χ1v) is 16.7. The number of Topliss-reactive ketones (excluding diaryl/α,β-unsaturated/α-hetero) is 1. The summed E-state index contributed by atoms with van der Waals surface area (Å²) in [6, 6.07) is 17.6. The van der Waals surface area contributed by atoms with Crippen molar-refractivity contribution in [2.75, 3.05) is 18.4 Å². The highest BCUT2D eigenvalue weighted by molar-refractivity contribution is 7.13. The maximum Gasteiger partial charge on any atom is 0.412 e. The number of carbonyl (C=O) groups excluding carboxylic acids is 3. The van der Waals surface area contributed by atoms with Crippen LogP contribution in [0.5, 0.6) is 0 Å². The number of hydrogen-bond donors (Lipinski definition) is 2. The van der Waals surface area contributed by atoms with Crippen LogP contribution in [0.3, 0.4) is 0 Å². The van der Waals surface area contributed by atoms with E-state index in [1.165, 1.54) is 5.56 Å². The lowest BCUT2D eigenvalue weighted by molar-refractivity contribution is -0.156. The van der Waals surface area contributed by atoms with Crippen molar-refractivity contribution in [3.8, 4) is 10.4 Å². The van der Waals surface area contributed by atoms with Gasteiger partial charge in [0.15, 0.2) is 5.78 Å². The quantitative estimate of drug-likeness (QED) is 0.253. The van der Waals surface area contributed by atoms with E-state index in [0.717, 1.165) is 54.5 Å². The molecule has 44 heavy (non-hydrogen) atoms. The van der Waals surface area contributed by atoms with Crippen LogP contribution in [0.2, 0.25) is 0 Å². The Morgan fingerprint density at radius 2 is 1.70 bits per heavy atom. The van der Waals surface area contributed by atoms with Crippen molar-refractivity contribution in [2.45, 2.75) is 89.8 Å². The van der Waals surface area contributed by atoms with Gasteiger partial charge in [0.25, 0.3) is 5.91 Å². The minimum atomic E-state index is -1.16. The van der Waals surface area contributed by atoms with Crippen LogP contribution >= 0.6 is 11.3 Å². The van der Waals surface area contributed by atoms with Gasteiger partial charge < -0.3 is 14.7 Å². The monoisotopic (exact) mass is 616 g/mol. The minimum Gasteiger partial charge on any atom is -0.444 e. The van der Waals surface area contributed by atoms with Crippen LogP contribution < -0.4 is 5.32 Å². The Morgan fingerprint density at radius 1 is 1.00 bits per heavy atom. The van der Waals surface area contributed by atoms with E-state index >= 15 is 0 Å². The number of thiophene rings is 1. The molecule has 0 radical (unpaired) electrons. The third kappa shape index (κ3) is 8.16. The highest BCUT2D eigenvalue weighted by Gasteiger charge is 2.40. The van der Waals surface area contributed by atoms with Crippen molar-refractivity contribution in [1.29, 1.82) is 0 Å². The molecule has 3 aromatic rings. The smallest absolute Gasteiger partial charge is 0.412 e. The van der Waals surface area contributed by atoms with Crippen LogP contribution in [0.4, 0.5) is 10.5 Å². The molecule has 0 spiro atoms. The molecule has 1 aromatic heterocycles. The van der Waals surface area contributed by atoms with E-state index < -0.39 is 17.3 Å². The van der Waals surface area contributed by atoms with Gasteiger partial charge >= 0.3 is 6.09 Å². The van der Waals surface area contributed by atoms with E-state index in [0.29, 0.717) is 43.1 Å². The number of likely N-dealkylation sites (tertiary alicyclic amines) is 1. The molecule has 0 atom stereocenters. The SMILES string of the molecule is CC(C)(C)OC(=O)Nc1ccc(-c2cccs2)cc1CC(=O)c1ccc(CC2CCN(C(=O)C3(O)CCCCC3)CC2)cc1. The zero-order valence-corrected chi connectivity index (χ0v) is 26.9. The first-order chi connectivity index (χ1) is 21.0. The van der Waals surface area contributed by atoms with Crippen LogP contribution in [-0.2, 0) is 22.4 Å². The lowest BCUT2D eigenvalue weighted by Gasteiger charge is -2.39. The van der Waals surface area contributed by atoms with Crippen LogP contribution in [0.15, 0.2) is 60.0 Å². The third-order valence-electron chi connectivity index (χ3n) is 8.68. The standard InChI is InChI=1S/C36H44N2O5S/c1-35(2,3)43-34(41)37-30-14-13-28(32-8-7-21-44-32)23-29(30)24-31(39)27-11-9-25(10-12-27)22-26-15-19-38(20-16-26)33(40)36(42)17-5-4-6-18-36/h7-14,21,23,26,42H,4-6,15-20,22,24H2,1-3H3,(H,37,41). The average Bonchev–Trinajstić information content (AvgIpc) is 3.53. The van der Waals surface area contributed by atoms with Crippen LogP contribution in [0.25, 0.3) is 10.4 Å². The van der Waals surface area contributed by atoms with E-state index in [1.807, 2.05) is 85.6 Å². The molecule has 7 nitrogen and oxygen atoms in total. The highest BCUT2D eigenvalue weighted by Crippen LogP contribution is 2.33. The van der Waals surface area contributed by atoms with Crippen molar-refractivity contribution in [2.24, 2.45) is 5.92 Å². The molecule has 2 amide bonds. The predicted octanol–water partition coefficient (Wildman–Crippen LogP) is 7.66. The highest BCUT2D eigenvalue weighted by atomic mass is 32.1. The summed E-state index contributed by atoms with van der Waals surface area (Å²) in [5.41, 5.74) is 2.28. The molecular weight excluding hydrogens is 572 g/mol. The molecule has 0 unspecified atom stereocenters. The van der Waals surface area contributed by atoms with Crippen LogP contribution in [0.1, 0.15) is 87.2 Å². The lowest BCUT2D eigenvalue weighted by atomic mass is 9.82. The summed E-state index contributed by atoms with van der Waals surface area (Å²) in [6.45, 7) is 6.81. The Balaban J connectivity index is 1.20. The van der Waals surface area contributed by atoms with Gasteiger partial charge in [0.05, 0.1) is 0 Å². The molecular formula is C36H44N2O5S. The second kappa shape index (κ2) is 13.7. The molecule has 2 heterocycles. The zero-order chi connectivity index (χ0) is 31.3. The third-order valence-corrected chi connectivity index (χ3v) is 9.60. The van der Waals surface area contributed by atoms with E-state index in [9.17, 15) is 19.5 Å². The van der Waals surface area contributed by atoms with Crippen molar-refractivity contribution in [3.05, 3.63) is 76.7 Å². The van der Waals surface area contributed by atoms with Gasteiger partial charge in [-0.3, -0.25) is 14.9 Å². The number of amides is 2. The average molecular weight is 617 g/mol. The number of piperidine rings is 1. The van der Waals surface area contributed by atoms with Crippen molar-refractivity contribution >= 4 is 34.8 Å². The number of carbonyl (C=O) groups is 3. The Kier molecular flexibility index (Phi) is 9.90. The van der Waals surface area contributed by atoms with E-state index in [4.69, 9.17) is 4.74 Å². The summed E-state index contributed by atoms with van der Waals surface area (Å²) in [7, 11) is 0. The maximum absolute atomic E-state index is 13.4.